The predicted molar refractivity (Wildman–Crippen MR) is 90.0 cm³/mol. The van der Waals surface area contributed by atoms with Gasteiger partial charge in [-0.15, -0.1) is 11.3 Å². The largest absolute Gasteiger partial charge is 0.326 e. The van der Waals surface area contributed by atoms with Crippen LogP contribution in [-0.2, 0) is 16.6 Å². The van der Waals surface area contributed by atoms with Gasteiger partial charge in [0.25, 0.3) is 0 Å². The Morgan fingerprint density at radius 3 is 2.71 bits per heavy atom. The summed E-state index contributed by atoms with van der Waals surface area (Å²) in [5.74, 6) is 0. The maximum atomic E-state index is 12.3. The molecule has 1 fully saturated rings. The number of rotatable bonds is 7. The molecule has 2 rings (SSSR count). The van der Waals surface area contributed by atoms with Crippen molar-refractivity contribution in [1.82, 2.24) is 9.62 Å². The minimum Gasteiger partial charge on any atom is -0.326 e. The summed E-state index contributed by atoms with van der Waals surface area (Å²) in [6.07, 6.45) is 5.01. The van der Waals surface area contributed by atoms with Gasteiger partial charge < -0.3 is 10.6 Å². The Hall–Kier alpha value is 0.01000. The highest BCUT2D eigenvalue weighted by molar-refractivity contribution is 9.11. The SMILES string of the molecule is CN(CCNS(=O)(=O)c1cc(CN)sc1Br)C1CCCC1. The average Bonchev–Trinajstić information content (AvgIpc) is 3.07. The van der Waals surface area contributed by atoms with Gasteiger partial charge in [-0.3, -0.25) is 0 Å². The molecule has 1 aromatic rings. The molecular formula is C13H22BrN3O2S2. The van der Waals surface area contributed by atoms with Crippen molar-refractivity contribution in [1.29, 1.82) is 0 Å². The van der Waals surface area contributed by atoms with Crippen molar-refractivity contribution in [2.24, 2.45) is 5.73 Å². The van der Waals surface area contributed by atoms with E-state index in [1.54, 1.807) is 6.07 Å². The summed E-state index contributed by atoms with van der Waals surface area (Å²) in [6, 6.07) is 2.24. The summed E-state index contributed by atoms with van der Waals surface area (Å²) < 4.78 is 27.9. The molecule has 0 radical (unpaired) electrons. The molecule has 1 saturated carbocycles. The molecular weight excluding hydrogens is 374 g/mol. The van der Waals surface area contributed by atoms with Gasteiger partial charge in [0.05, 0.1) is 3.79 Å². The number of sulfonamides is 1. The van der Waals surface area contributed by atoms with E-state index in [9.17, 15) is 8.42 Å². The second kappa shape index (κ2) is 7.52. The van der Waals surface area contributed by atoms with Gasteiger partial charge in [-0.1, -0.05) is 12.8 Å². The summed E-state index contributed by atoms with van der Waals surface area (Å²) in [4.78, 5) is 3.39. The minimum atomic E-state index is -3.47. The second-order valence-corrected chi connectivity index (χ2v) is 9.56. The number of thiophene rings is 1. The summed E-state index contributed by atoms with van der Waals surface area (Å²) in [6.45, 7) is 1.51. The van der Waals surface area contributed by atoms with Gasteiger partial charge >= 0.3 is 0 Å². The Balaban J connectivity index is 1.90. The zero-order valence-corrected chi connectivity index (χ0v) is 15.4. The van der Waals surface area contributed by atoms with Crippen molar-refractivity contribution in [2.45, 2.75) is 43.2 Å². The molecule has 3 N–H and O–H groups in total. The lowest BCUT2D eigenvalue weighted by Crippen LogP contribution is -2.37. The van der Waals surface area contributed by atoms with Crippen LogP contribution in [0.25, 0.3) is 0 Å². The minimum absolute atomic E-state index is 0.288. The summed E-state index contributed by atoms with van der Waals surface area (Å²) in [5, 5.41) is 0. The molecule has 0 aromatic carbocycles. The van der Waals surface area contributed by atoms with E-state index in [0.717, 1.165) is 11.4 Å². The summed E-state index contributed by atoms with van der Waals surface area (Å²) >= 11 is 4.67. The fourth-order valence-corrected chi connectivity index (χ4v) is 6.22. The van der Waals surface area contributed by atoms with Crippen LogP contribution in [0.2, 0.25) is 0 Å². The molecule has 1 aromatic heterocycles. The zero-order chi connectivity index (χ0) is 15.5. The number of nitrogens with one attached hydrogen (secondary N) is 1. The van der Waals surface area contributed by atoms with Crippen molar-refractivity contribution in [3.63, 3.8) is 0 Å². The highest BCUT2D eigenvalue weighted by atomic mass is 79.9. The third-order valence-corrected chi connectivity index (χ3v) is 7.64. The number of nitrogens with two attached hydrogens (primary N) is 1. The van der Waals surface area contributed by atoms with Crippen molar-refractivity contribution in [3.05, 3.63) is 14.7 Å². The first-order chi connectivity index (χ1) is 9.94. The summed E-state index contributed by atoms with van der Waals surface area (Å²) in [5.41, 5.74) is 5.55. The van der Waals surface area contributed by atoms with E-state index >= 15 is 0 Å². The van der Waals surface area contributed by atoms with E-state index in [2.05, 4.69) is 32.6 Å². The third kappa shape index (κ3) is 4.49. The highest BCUT2D eigenvalue weighted by Crippen LogP contribution is 2.31. The van der Waals surface area contributed by atoms with Gasteiger partial charge in [-0.2, -0.15) is 0 Å². The third-order valence-electron chi connectivity index (χ3n) is 3.90. The first-order valence-electron chi connectivity index (χ1n) is 7.12. The number of hydrogen-bond acceptors (Lipinski definition) is 5. The Bertz CT molecular complexity index is 568. The smallest absolute Gasteiger partial charge is 0.242 e. The predicted octanol–water partition coefficient (Wildman–Crippen LogP) is 2.12. The molecule has 0 spiro atoms. The van der Waals surface area contributed by atoms with Crippen molar-refractivity contribution in [2.75, 3.05) is 20.1 Å². The van der Waals surface area contributed by atoms with E-state index < -0.39 is 10.0 Å². The van der Waals surface area contributed by atoms with Gasteiger partial charge in [0.1, 0.15) is 4.90 Å². The number of nitrogens with zero attached hydrogens (tertiary/aromatic N) is 1. The number of halogens is 1. The van der Waals surface area contributed by atoms with Crippen molar-refractivity contribution in [3.8, 4) is 0 Å². The topological polar surface area (TPSA) is 75.4 Å². The van der Waals surface area contributed by atoms with Crippen molar-refractivity contribution >= 4 is 37.3 Å². The monoisotopic (exact) mass is 395 g/mol. The molecule has 0 aliphatic heterocycles. The van der Waals surface area contributed by atoms with Crippen LogP contribution in [0.3, 0.4) is 0 Å². The lowest BCUT2D eigenvalue weighted by molar-refractivity contribution is 0.250. The second-order valence-electron chi connectivity index (χ2n) is 5.37. The van der Waals surface area contributed by atoms with E-state index in [4.69, 9.17) is 5.73 Å². The lowest BCUT2D eigenvalue weighted by Gasteiger charge is -2.23. The van der Waals surface area contributed by atoms with Gasteiger partial charge in [0.15, 0.2) is 0 Å². The molecule has 1 heterocycles. The highest BCUT2D eigenvalue weighted by Gasteiger charge is 2.22. The first kappa shape index (κ1) is 17.4. The van der Waals surface area contributed by atoms with Crippen LogP contribution in [0.15, 0.2) is 14.7 Å². The Labute approximate surface area is 139 Å². The fraction of sp³-hybridized carbons (Fsp3) is 0.692. The molecule has 0 bridgehead atoms. The lowest BCUT2D eigenvalue weighted by atomic mass is 10.2. The van der Waals surface area contributed by atoms with E-state index in [-0.39, 0.29) is 4.90 Å². The van der Waals surface area contributed by atoms with Gasteiger partial charge in [0.2, 0.25) is 10.0 Å². The number of likely N-dealkylation sites (N-methyl/N-ethyl adjacent to an activating group) is 1. The Morgan fingerprint density at radius 2 is 2.14 bits per heavy atom. The Morgan fingerprint density at radius 1 is 1.48 bits per heavy atom. The molecule has 120 valence electrons. The van der Waals surface area contributed by atoms with Gasteiger partial charge in [-0.05, 0) is 41.9 Å². The quantitative estimate of drug-likeness (QED) is 0.741. The molecule has 0 saturated heterocycles. The summed E-state index contributed by atoms with van der Waals surface area (Å²) in [7, 11) is -1.40. The number of hydrogen-bond donors (Lipinski definition) is 2. The zero-order valence-electron chi connectivity index (χ0n) is 12.1. The van der Waals surface area contributed by atoms with E-state index in [0.29, 0.717) is 22.9 Å². The van der Waals surface area contributed by atoms with Crippen LogP contribution in [0.1, 0.15) is 30.6 Å². The molecule has 8 heteroatoms. The average molecular weight is 396 g/mol. The van der Waals surface area contributed by atoms with Gasteiger partial charge in [0, 0.05) is 30.6 Å². The normalized spacial score (nSPS) is 17.0. The molecule has 0 atom stereocenters. The fourth-order valence-electron chi connectivity index (χ4n) is 2.64. The molecule has 5 nitrogen and oxygen atoms in total. The van der Waals surface area contributed by atoms with Crippen LogP contribution >= 0.6 is 27.3 Å². The standard InChI is InChI=1S/C13H22BrN3O2S2/c1-17(10-4-2-3-5-10)7-6-16-21(18,19)12-8-11(9-15)20-13(12)14/h8,10,16H,2-7,9,15H2,1H3. The molecule has 1 aliphatic rings. The van der Waals surface area contributed by atoms with Crippen molar-refractivity contribution < 1.29 is 8.42 Å². The van der Waals surface area contributed by atoms with Crippen LogP contribution in [0.4, 0.5) is 0 Å². The molecule has 0 unspecified atom stereocenters. The maximum absolute atomic E-state index is 12.3. The molecule has 1 aliphatic carbocycles. The molecule has 0 amide bonds. The van der Waals surface area contributed by atoms with Crippen LogP contribution < -0.4 is 10.5 Å². The first-order valence-corrected chi connectivity index (χ1v) is 10.2. The van der Waals surface area contributed by atoms with Gasteiger partial charge in [-0.25, -0.2) is 13.1 Å². The maximum Gasteiger partial charge on any atom is 0.242 e. The van der Waals surface area contributed by atoms with Crippen LogP contribution in [0.5, 0.6) is 0 Å². The molecule has 21 heavy (non-hydrogen) atoms. The van der Waals surface area contributed by atoms with Crippen LogP contribution in [-0.4, -0.2) is 39.5 Å². The Kier molecular flexibility index (Phi) is 6.22. The van der Waals surface area contributed by atoms with Crippen LogP contribution in [0, 0.1) is 0 Å². The van der Waals surface area contributed by atoms with E-state index in [1.807, 2.05) is 0 Å². The van der Waals surface area contributed by atoms with E-state index in [1.165, 1.54) is 37.0 Å².